The number of ether oxygens (including phenoxy) is 1. The van der Waals surface area contributed by atoms with Gasteiger partial charge in [0.2, 0.25) is 0 Å². The van der Waals surface area contributed by atoms with E-state index in [4.69, 9.17) is 10.5 Å². The molecule has 0 amide bonds. The first-order valence-corrected chi connectivity index (χ1v) is 17.4. The molecule has 0 spiro atoms. The zero-order chi connectivity index (χ0) is 35.9. The van der Waals surface area contributed by atoms with Gasteiger partial charge in [0.1, 0.15) is 12.4 Å². The molecule has 272 valence electrons. The number of hydrogen-bond donors (Lipinski definition) is 4. The van der Waals surface area contributed by atoms with Crippen LogP contribution >= 0.6 is 0 Å². The average Bonchev–Trinajstić information content (AvgIpc) is 3.49. The zero-order valence-electron chi connectivity index (χ0n) is 29.1. The van der Waals surface area contributed by atoms with Crippen molar-refractivity contribution in [2.24, 2.45) is 5.73 Å². The Bertz CT molecular complexity index is 1480. The van der Waals surface area contributed by atoms with Crippen LogP contribution < -0.4 is 5.73 Å². The van der Waals surface area contributed by atoms with Gasteiger partial charge in [0.05, 0.1) is 32.3 Å². The summed E-state index contributed by atoms with van der Waals surface area (Å²) >= 11 is 0. The van der Waals surface area contributed by atoms with Crippen molar-refractivity contribution in [2.75, 3.05) is 85.1 Å². The first-order chi connectivity index (χ1) is 24.1. The van der Waals surface area contributed by atoms with Crippen LogP contribution in [0.2, 0.25) is 0 Å². The molecule has 1 fully saturated rings. The van der Waals surface area contributed by atoms with E-state index < -0.39 is 18.0 Å². The highest BCUT2D eigenvalue weighted by Gasteiger charge is 2.20. The monoisotopic (exact) mass is 692 g/mol. The molecule has 1 atom stereocenters. The lowest BCUT2D eigenvalue weighted by Gasteiger charge is -2.33. The third-order valence-electron chi connectivity index (χ3n) is 9.16. The molecule has 0 unspecified atom stereocenters. The molecule has 13 nitrogen and oxygen atoms in total. The van der Waals surface area contributed by atoms with Crippen molar-refractivity contribution in [1.29, 1.82) is 0 Å². The molecule has 2 aromatic carbocycles. The minimum absolute atomic E-state index is 0.0681. The van der Waals surface area contributed by atoms with Crippen LogP contribution in [0.3, 0.4) is 0 Å². The summed E-state index contributed by atoms with van der Waals surface area (Å²) < 4.78 is 5.67. The molecule has 13 heteroatoms. The first kappa shape index (κ1) is 38.8. The van der Waals surface area contributed by atoms with E-state index in [2.05, 4.69) is 9.88 Å². The van der Waals surface area contributed by atoms with Crippen molar-refractivity contribution < 1.29 is 34.1 Å². The number of benzene rings is 2. The third-order valence-corrected chi connectivity index (χ3v) is 9.16. The number of aromatic nitrogens is 1. The minimum atomic E-state index is -0.886. The molecule has 1 saturated heterocycles. The normalized spacial score (nSPS) is 16.8. The number of aromatic amines is 1. The number of fused-ring (bicyclic) bond motifs is 1. The third kappa shape index (κ3) is 13.4. The van der Waals surface area contributed by atoms with Crippen LogP contribution in [0.25, 0.3) is 10.9 Å². The Kier molecular flexibility index (Phi) is 15.5. The number of nitrogens with zero attached hydrogens (tertiary/aromatic N) is 4. The number of H-pyrrole nitrogens is 1. The molecule has 5 N–H and O–H groups in total. The van der Waals surface area contributed by atoms with Crippen LogP contribution in [-0.4, -0.2) is 149 Å². The second kappa shape index (κ2) is 20.0. The number of carbonyl (C=O) groups excluding carboxylic acids is 2. The van der Waals surface area contributed by atoms with Crippen molar-refractivity contribution in [2.45, 2.75) is 38.8 Å². The quantitative estimate of drug-likeness (QED) is 0.162. The number of carboxylic acid groups (broad SMARTS) is 2. The van der Waals surface area contributed by atoms with Crippen molar-refractivity contribution >= 4 is 34.4 Å². The summed E-state index contributed by atoms with van der Waals surface area (Å²) in [5.41, 5.74) is 9.99. The van der Waals surface area contributed by atoms with Gasteiger partial charge >= 0.3 is 11.9 Å². The standard InChI is InChI=1S/C37H52N6O7/c1-2-40-13-15-42(24-36(46)47)19-17-41(18-20-43(16-14-40)25-37(48)49)23-32(44)12-11-28-7-9-29(10-8-28)26-50-27-35(45)33(38)22-31-21-30-5-3-4-6-34(30)39-31/h3-10,21,33,39H,2,11-20,22-27,38H2,1H3,(H,46,47)(H,48,49)/t33-/m1/s1. The van der Waals surface area contributed by atoms with E-state index in [9.17, 15) is 29.4 Å². The average molecular weight is 693 g/mol. The summed E-state index contributed by atoms with van der Waals surface area (Å²) in [4.78, 5) is 60.0. The molecule has 1 aromatic heterocycles. The van der Waals surface area contributed by atoms with Crippen LogP contribution in [0.15, 0.2) is 54.6 Å². The molecule has 0 saturated carbocycles. The molecule has 1 aliphatic rings. The van der Waals surface area contributed by atoms with Crippen LogP contribution in [0.4, 0.5) is 0 Å². The van der Waals surface area contributed by atoms with Crippen molar-refractivity contribution in [3.8, 4) is 0 Å². The summed E-state index contributed by atoms with van der Waals surface area (Å²) in [6.07, 6.45) is 1.32. The van der Waals surface area contributed by atoms with Crippen LogP contribution in [0.5, 0.6) is 0 Å². The smallest absolute Gasteiger partial charge is 0.317 e. The van der Waals surface area contributed by atoms with Gasteiger partial charge in [-0.15, -0.1) is 0 Å². The molecular formula is C37H52N6O7. The van der Waals surface area contributed by atoms with E-state index >= 15 is 0 Å². The molecule has 0 aliphatic carbocycles. The zero-order valence-corrected chi connectivity index (χ0v) is 29.1. The Balaban J connectivity index is 1.22. The maximum absolute atomic E-state index is 13.1. The SMILES string of the molecule is CCN1CCN(CC(=O)O)CCN(CC(=O)CCc2ccc(COCC(=O)[C@H](N)Cc3cc4ccccc4[nH]3)cc2)CCN(CC(=O)O)CC1. The summed E-state index contributed by atoms with van der Waals surface area (Å²) in [6.45, 7) is 7.67. The number of para-hydroxylation sites is 1. The molecule has 3 aromatic rings. The summed E-state index contributed by atoms with van der Waals surface area (Å²) in [5, 5.41) is 20.0. The molecule has 1 aliphatic heterocycles. The summed E-state index contributed by atoms with van der Waals surface area (Å²) in [5.74, 6) is -1.87. The number of rotatable bonds is 17. The molecule has 50 heavy (non-hydrogen) atoms. The number of ketones is 2. The predicted molar refractivity (Wildman–Crippen MR) is 191 cm³/mol. The number of aliphatic carboxylic acids is 2. The lowest BCUT2D eigenvalue weighted by molar-refractivity contribution is -0.139. The van der Waals surface area contributed by atoms with E-state index in [1.165, 1.54) is 0 Å². The van der Waals surface area contributed by atoms with Crippen molar-refractivity contribution in [3.63, 3.8) is 0 Å². The predicted octanol–water partition coefficient (Wildman–Crippen LogP) is 1.74. The van der Waals surface area contributed by atoms with Gasteiger partial charge in [-0.05, 0) is 41.6 Å². The molecule has 0 radical (unpaired) electrons. The van der Waals surface area contributed by atoms with Gasteiger partial charge in [-0.25, -0.2) is 0 Å². The highest BCUT2D eigenvalue weighted by Crippen LogP contribution is 2.16. The highest BCUT2D eigenvalue weighted by molar-refractivity contribution is 5.86. The highest BCUT2D eigenvalue weighted by atomic mass is 16.5. The maximum atomic E-state index is 13.1. The van der Waals surface area contributed by atoms with Gasteiger partial charge in [-0.3, -0.25) is 33.9 Å². The van der Waals surface area contributed by atoms with Crippen LogP contribution in [-0.2, 0) is 43.4 Å². The van der Waals surface area contributed by atoms with E-state index in [0.29, 0.717) is 71.6 Å². The van der Waals surface area contributed by atoms with Crippen LogP contribution in [0, 0.1) is 0 Å². The Morgan fingerprint density at radius 2 is 1.32 bits per heavy atom. The lowest BCUT2D eigenvalue weighted by atomic mass is 10.1. The lowest BCUT2D eigenvalue weighted by Crippen LogP contribution is -2.48. The van der Waals surface area contributed by atoms with Crippen molar-refractivity contribution in [1.82, 2.24) is 24.6 Å². The molecule has 0 bridgehead atoms. The topological polar surface area (TPSA) is 173 Å². The van der Waals surface area contributed by atoms with Gasteiger partial charge < -0.3 is 30.6 Å². The Morgan fingerprint density at radius 3 is 1.88 bits per heavy atom. The number of carbonyl (C=O) groups is 4. The Morgan fingerprint density at radius 1 is 0.780 bits per heavy atom. The van der Waals surface area contributed by atoms with Crippen molar-refractivity contribution in [3.05, 3.63) is 71.4 Å². The number of likely N-dealkylation sites (N-methyl/N-ethyl adjacent to an activating group) is 1. The first-order valence-electron chi connectivity index (χ1n) is 17.4. The van der Waals surface area contributed by atoms with Gasteiger partial charge in [-0.2, -0.15) is 0 Å². The Labute approximate surface area is 293 Å². The van der Waals surface area contributed by atoms with Gasteiger partial charge in [0, 0.05) is 76.4 Å². The number of hydrogen-bond acceptors (Lipinski definition) is 10. The van der Waals surface area contributed by atoms with Crippen LogP contribution in [0.1, 0.15) is 30.2 Å². The number of carboxylic acids is 2. The summed E-state index contributed by atoms with van der Waals surface area (Å²) in [7, 11) is 0. The van der Waals surface area contributed by atoms with Gasteiger partial charge in [-0.1, -0.05) is 49.4 Å². The van der Waals surface area contributed by atoms with Gasteiger partial charge in [0.15, 0.2) is 5.78 Å². The van der Waals surface area contributed by atoms with E-state index in [1.54, 1.807) is 0 Å². The van der Waals surface area contributed by atoms with E-state index in [0.717, 1.165) is 34.3 Å². The van der Waals surface area contributed by atoms with E-state index in [-0.39, 0.29) is 44.4 Å². The molecular weight excluding hydrogens is 640 g/mol. The minimum Gasteiger partial charge on any atom is -0.480 e. The number of aryl methyl sites for hydroxylation is 1. The largest absolute Gasteiger partial charge is 0.480 e. The van der Waals surface area contributed by atoms with E-state index in [1.807, 2.05) is 76.2 Å². The maximum Gasteiger partial charge on any atom is 0.317 e. The molecule has 4 rings (SSSR count). The fourth-order valence-electron chi connectivity index (χ4n) is 6.14. The molecule has 2 heterocycles. The fraction of sp³-hybridized carbons (Fsp3) is 0.514. The second-order valence-electron chi connectivity index (χ2n) is 13.1. The summed E-state index contributed by atoms with van der Waals surface area (Å²) in [6, 6.07) is 17.0. The van der Waals surface area contributed by atoms with Gasteiger partial charge in [0.25, 0.3) is 0 Å². The second-order valence-corrected chi connectivity index (χ2v) is 13.1. The fourth-order valence-corrected chi connectivity index (χ4v) is 6.14. The number of nitrogens with one attached hydrogen (secondary N) is 1. The number of Topliss-reactive ketones (excluding diaryl/α,β-unsaturated/α-hetero) is 2. The Hall–Kier alpha value is -3.98. The number of nitrogens with two attached hydrogens (primary N) is 1.